The predicted molar refractivity (Wildman–Crippen MR) is 80.2 cm³/mol. The minimum absolute atomic E-state index is 0.0567. The molecule has 0 N–H and O–H groups in total. The smallest absolute Gasteiger partial charge is 0.253 e. The summed E-state index contributed by atoms with van der Waals surface area (Å²) >= 11 is 0. The zero-order chi connectivity index (χ0) is 14.4. The quantitative estimate of drug-likeness (QED) is 0.822. The van der Waals surface area contributed by atoms with E-state index in [1.165, 1.54) is 0 Å². The van der Waals surface area contributed by atoms with Crippen LogP contribution in [0.2, 0.25) is 0 Å². The molecule has 0 unspecified atom stereocenters. The molecule has 3 heteroatoms. The van der Waals surface area contributed by atoms with Gasteiger partial charge in [-0.15, -0.1) is 0 Å². The molecular formula is C17H19NO2. The molecule has 0 saturated carbocycles. The second kappa shape index (κ2) is 6.75. The fraction of sp³-hybridized carbons (Fsp3) is 0.235. The van der Waals surface area contributed by atoms with Crippen LogP contribution in [0.5, 0.6) is 11.5 Å². The van der Waals surface area contributed by atoms with E-state index in [9.17, 15) is 4.79 Å². The Bertz CT molecular complexity index is 545. The predicted octanol–water partition coefficient (Wildman–Crippen LogP) is 3.96. The normalized spacial score (nSPS) is 10.1. The van der Waals surface area contributed by atoms with Crippen molar-refractivity contribution in [1.29, 1.82) is 0 Å². The monoisotopic (exact) mass is 269 g/mol. The van der Waals surface area contributed by atoms with Gasteiger partial charge in [-0.05, 0) is 50.2 Å². The molecule has 0 aliphatic carbocycles. The summed E-state index contributed by atoms with van der Waals surface area (Å²) in [6.45, 7) is 5.40. The molecule has 0 atom stereocenters. The van der Waals surface area contributed by atoms with Crippen molar-refractivity contribution in [1.82, 2.24) is 4.90 Å². The van der Waals surface area contributed by atoms with Crippen LogP contribution in [0.1, 0.15) is 24.2 Å². The van der Waals surface area contributed by atoms with Crippen LogP contribution < -0.4 is 4.74 Å². The minimum Gasteiger partial charge on any atom is -0.457 e. The Morgan fingerprint density at radius 2 is 1.45 bits per heavy atom. The number of rotatable bonds is 5. The highest BCUT2D eigenvalue weighted by Gasteiger charge is 2.12. The lowest BCUT2D eigenvalue weighted by Gasteiger charge is -2.18. The number of benzene rings is 2. The highest BCUT2D eigenvalue weighted by atomic mass is 16.5. The average Bonchev–Trinajstić information content (AvgIpc) is 2.50. The first kappa shape index (κ1) is 14.1. The molecule has 0 aromatic heterocycles. The van der Waals surface area contributed by atoms with Crippen molar-refractivity contribution in [2.45, 2.75) is 13.8 Å². The number of amides is 1. The van der Waals surface area contributed by atoms with E-state index in [0.29, 0.717) is 5.56 Å². The number of carbonyl (C=O) groups excluding carboxylic acids is 1. The largest absolute Gasteiger partial charge is 0.457 e. The number of carbonyl (C=O) groups is 1. The van der Waals surface area contributed by atoms with Crippen LogP contribution in [0, 0.1) is 0 Å². The van der Waals surface area contributed by atoms with Crippen LogP contribution in [0.4, 0.5) is 0 Å². The molecular weight excluding hydrogens is 250 g/mol. The van der Waals surface area contributed by atoms with Crippen LogP contribution in [-0.4, -0.2) is 23.9 Å². The zero-order valence-corrected chi connectivity index (χ0v) is 11.9. The summed E-state index contributed by atoms with van der Waals surface area (Å²) in [7, 11) is 0. The van der Waals surface area contributed by atoms with Gasteiger partial charge in [0, 0.05) is 18.7 Å². The van der Waals surface area contributed by atoms with Crippen molar-refractivity contribution in [3.05, 3.63) is 60.2 Å². The molecule has 2 aromatic carbocycles. The van der Waals surface area contributed by atoms with Crippen LogP contribution in [0.25, 0.3) is 0 Å². The van der Waals surface area contributed by atoms with E-state index in [1.807, 2.05) is 56.3 Å². The third kappa shape index (κ3) is 3.38. The highest BCUT2D eigenvalue weighted by molar-refractivity contribution is 5.94. The maximum atomic E-state index is 12.2. The number of hydrogen-bond acceptors (Lipinski definition) is 2. The molecule has 0 spiro atoms. The molecule has 0 aliphatic rings. The summed E-state index contributed by atoms with van der Waals surface area (Å²) < 4.78 is 5.70. The van der Waals surface area contributed by atoms with E-state index in [0.717, 1.165) is 24.6 Å². The Hall–Kier alpha value is -2.29. The molecule has 0 bridgehead atoms. The van der Waals surface area contributed by atoms with Crippen molar-refractivity contribution in [2.24, 2.45) is 0 Å². The second-order valence-electron chi connectivity index (χ2n) is 4.42. The van der Waals surface area contributed by atoms with Crippen LogP contribution in [0.3, 0.4) is 0 Å². The van der Waals surface area contributed by atoms with Gasteiger partial charge in [-0.1, -0.05) is 18.2 Å². The molecule has 0 heterocycles. The maximum absolute atomic E-state index is 12.2. The van der Waals surface area contributed by atoms with Gasteiger partial charge >= 0.3 is 0 Å². The topological polar surface area (TPSA) is 29.5 Å². The first-order valence-corrected chi connectivity index (χ1v) is 6.86. The van der Waals surface area contributed by atoms with Gasteiger partial charge in [0.1, 0.15) is 11.5 Å². The highest BCUT2D eigenvalue weighted by Crippen LogP contribution is 2.21. The van der Waals surface area contributed by atoms with E-state index >= 15 is 0 Å². The lowest BCUT2D eigenvalue weighted by molar-refractivity contribution is 0.0773. The molecule has 0 radical (unpaired) electrons. The number of para-hydroxylation sites is 1. The van der Waals surface area contributed by atoms with Gasteiger partial charge in [0.15, 0.2) is 0 Å². The summed E-state index contributed by atoms with van der Waals surface area (Å²) in [6.07, 6.45) is 0. The SMILES string of the molecule is CCN(CC)C(=O)c1ccc(Oc2ccccc2)cc1. The Morgan fingerprint density at radius 1 is 0.900 bits per heavy atom. The van der Waals surface area contributed by atoms with Crippen LogP contribution in [-0.2, 0) is 0 Å². The molecule has 2 rings (SSSR count). The molecule has 0 fully saturated rings. The molecule has 0 saturated heterocycles. The van der Waals surface area contributed by atoms with E-state index < -0.39 is 0 Å². The number of hydrogen-bond donors (Lipinski definition) is 0. The summed E-state index contributed by atoms with van der Waals surface area (Å²) in [6, 6.07) is 16.8. The van der Waals surface area contributed by atoms with Crippen LogP contribution >= 0.6 is 0 Å². The second-order valence-corrected chi connectivity index (χ2v) is 4.42. The standard InChI is InChI=1S/C17H19NO2/c1-3-18(4-2)17(19)14-10-12-16(13-11-14)20-15-8-6-5-7-9-15/h5-13H,3-4H2,1-2H3. The van der Waals surface area contributed by atoms with Crippen molar-refractivity contribution in [2.75, 3.05) is 13.1 Å². The molecule has 1 amide bonds. The van der Waals surface area contributed by atoms with Gasteiger partial charge in [0.25, 0.3) is 5.91 Å². The zero-order valence-electron chi connectivity index (χ0n) is 11.9. The summed E-state index contributed by atoms with van der Waals surface area (Å²) in [5, 5.41) is 0. The third-order valence-corrected chi connectivity index (χ3v) is 3.13. The first-order valence-electron chi connectivity index (χ1n) is 6.86. The van der Waals surface area contributed by atoms with E-state index in [4.69, 9.17) is 4.74 Å². The van der Waals surface area contributed by atoms with Gasteiger partial charge in [-0.25, -0.2) is 0 Å². The van der Waals surface area contributed by atoms with Crippen molar-refractivity contribution >= 4 is 5.91 Å². The number of nitrogens with zero attached hydrogens (tertiary/aromatic N) is 1. The average molecular weight is 269 g/mol. The van der Waals surface area contributed by atoms with Gasteiger partial charge in [-0.3, -0.25) is 4.79 Å². The fourth-order valence-electron chi connectivity index (χ4n) is 1.98. The van der Waals surface area contributed by atoms with E-state index in [2.05, 4.69) is 0 Å². The van der Waals surface area contributed by atoms with E-state index in [-0.39, 0.29) is 5.91 Å². The Kier molecular flexibility index (Phi) is 4.77. The molecule has 104 valence electrons. The summed E-state index contributed by atoms with van der Waals surface area (Å²) in [5.41, 5.74) is 0.689. The van der Waals surface area contributed by atoms with Crippen LogP contribution in [0.15, 0.2) is 54.6 Å². The van der Waals surface area contributed by atoms with Crippen molar-refractivity contribution in [3.8, 4) is 11.5 Å². The summed E-state index contributed by atoms with van der Waals surface area (Å²) in [5.74, 6) is 1.57. The molecule has 20 heavy (non-hydrogen) atoms. The summed E-state index contributed by atoms with van der Waals surface area (Å²) in [4.78, 5) is 14.0. The fourth-order valence-corrected chi connectivity index (χ4v) is 1.98. The first-order chi connectivity index (χ1) is 9.74. The molecule has 3 nitrogen and oxygen atoms in total. The number of ether oxygens (including phenoxy) is 1. The third-order valence-electron chi connectivity index (χ3n) is 3.13. The lowest BCUT2D eigenvalue weighted by Crippen LogP contribution is -2.30. The molecule has 2 aromatic rings. The van der Waals surface area contributed by atoms with Gasteiger partial charge in [0.05, 0.1) is 0 Å². The van der Waals surface area contributed by atoms with Gasteiger partial charge < -0.3 is 9.64 Å². The Labute approximate surface area is 119 Å². The van der Waals surface area contributed by atoms with E-state index in [1.54, 1.807) is 17.0 Å². The maximum Gasteiger partial charge on any atom is 0.253 e. The Balaban J connectivity index is 2.08. The van der Waals surface area contributed by atoms with Crippen molar-refractivity contribution < 1.29 is 9.53 Å². The Morgan fingerprint density at radius 3 is 2.00 bits per heavy atom. The minimum atomic E-state index is 0.0567. The van der Waals surface area contributed by atoms with Gasteiger partial charge in [0.2, 0.25) is 0 Å². The van der Waals surface area contributed by atoms with Gasteiger partial charge in [-0.2, -0.15) is 0 Å². The molecule has 0 aliphatic heterocycles. The van der Waals surface area contributed by atoms with Crippen molar-refractivity contribution in [3.63, 3.8) is 0 Å². The lowest BCUT2D eigenvalue weighted by atomic mass is 10.2.